The molecule has 0 saturated carbocycles. The predicted molar refractivity (Wildman–Crippen MR) is 42.8 cm³/mol. The maximum atomic E-state index is 10.7. The topological polar surface area (TPSA) is 74.6 Å². The number of phenolic OH excluding ortho intramolecular Hbond substituents is 2. The first-order valence-electron chi connectivity index (χ1n) is 2.87. The fourth-order valence-electron chi connectivity index (χ4n) is 0.709. The molecule has 1 aromatic rings. The van der Waals surface area contributed by atoms with Gasteiger partial charge in [0.05, 0.1) is 4.90 Å². The Morgan fingerprint density at radius 1 is 1.08 bits per heavy atom. The van der Waals surface area contributed by atoms with Gasteiger partial charge in [-0.2, -0.15) is 0 Å². The molecule has 6 heteroatoms. The highest BCUT2D eigenvalue weighted by molar-refractivity contribution is 8.13. The third-order valence-corrected chi connectivity index (χ3v) is 2.49. The number of hydrogen-bond donors (Lipinski definition) is 2. The second-order valence-corrected chi connectivity index (χ2v) is 4.69. The Labute approximate surface area is 73.5 Å². The van der Waals surface area contributed by atoms with Crippen LogP contribution >= 0.6 is 10.7 Å². The molecule has 0 bridgehead atoms. The Balaban J connectivity index is 3.37. The van der Waals surface area contributed by atoms with Gasteiger partial charge in [-0.3, -0.25) is 0 Å². The van der Waals surface area contributed by atoms with Crippen molar-refractivity contribution in [1.29, 1.82) is 0 Å². The van der Waals surface area contributed by atoms with Gasteiger partial charge >= 0.3 is 0 Å². The van der Waals surface area contributed by atoms with Crippen molar-refractivity contribution in [2.45, 2.75) is 4.90 Å². The largest absolute Gasteiger partial charge is 0.508 e. The summed E-state index contributed by atoms with van der Waals surface area (Å²) in [4.78, 5) is -0.332. The minimum atomic E-state index is -3.90. The van der Waals surface area contributed by atoms with E-state index in [-0.39, 0.29) is 16.4 Å². The van der Waals surface area contributed by atoms with Gasteiger partial charge in [0.15, 0.2) is 0 Å². The second kappa shape index (κ2) is 2.84. The minimum Gasteiger partial charge on any atom is -0.508 e. The summed E-state index contributed by atoms with van der Waals surface area (Å²) in [7, 11) is 1.06. The van der Waals surface area contributed by atoms with Crippen molar-refractivity contribution in [1.82, 2.24) is 0 Å². The molecular formula is C6H5ClO4S. The summed E-state index contributed by atoms with van der Waals surface area (Å²) in [6, 6.07) is 2.90. The van der Waals surface area contributed by atoms with Gasteiger partial charge in [-0.1, -0.05) is 0 Å². The van der Waals surface area contributed by atoms with E-state index < -0.39 is 9.05 Å². The molecule has 0 heterocycles. The van der Waals surface area contributed by atoms with Crippen LogP contribution in [0.2, 0.25) is 0 Å². The van der Waals surface area contributed by atoms with Gasteiger partial charge in [-0.15, -0.1) is 0 Å². The van der Waals surface area contributed by atoms with Crippen LogP contribution in [0.1, 0.15) is 0 Å². The highest BCUT2D eigenvalue weighted by Crippen LogP contribution is 2.25. The van der Waals surface area contributed by atoms with Gasteiger partial charge in [0.25, 0.3) is 9.05 Å². The fourth-order valence-corrected chi connectivity index (χ4v) is 1.50. The lowest BCUT2D eigenvalue weighted by Gasteiger charge is -1.98. The van der Waals surface area contributed by atoms with Crippen molar-refractivity contribution in [3.8, 4) is 11.5 Å². The average molecular weight is 209 g/mol. The Bertz CT molecular complexity index is 378. The number of halogens is 1. The van der Waals surface area contributed by atoms with E-state index in [1.54, 1.807) is 0 Å². The lowest BCUT2D eigenvalue weighted by molar-refractivity contribution is 0.447. The van der Waals surface area contributed by atoms with Gasteiger partial charge in [0, 0.05) is 28.9 Å². The summed E-state index contributed by atoms with van der Waals surface area (Å²) >= 11 is 0. The van der Waals surface area contributed by atoms with Crippen LogP contribution in [0, 0.1) is 0 Å². The third-order valence-electron chi connectivity index (χ3n) is 1.16. The molecule has 0 spiro atoms. The SMILES string of the molecule is O=S(=O)(Cl)c1cc(O)cc(O)c1. The molecule has 0 aliphatic rings. The van der Waals surface area contributed by atoms with Crippen molar-refractivity contribution in [3.63, 3.8) is 0 Å². The van der Waals surface area contributed by atoms with Crippen molar-refractivity contribution < 1.29 is 18.6 Å². The molecule has 1 aromatic carbocycles. The van der Waals surface area contributed by atoms with E-state index in [9.17, 15) is 8.42 Å². The average Bonchev–Trinajstić information content (AvgIpc) is 1.82. The molecule has 0 aliphatic heterocycles. The minimum absolute atomic E-state index is 0.332. The van der Waals surface area contributed by atoms with Gasteiger partial charge in [-0.25, -0.2) is 8.42 Å². The molecule has 0 unspecified atom stereocenters. The van der Waals surface area contributed by atoms with Gasteiger partial charge < -0.3 is 10.2 Å². The smallest absolute Gasteiger partial charge is 0.261 e. The zero-order valence-electron chi connectivity index (χ0n) is 5.73. The molecule has 4 nitrogen and oxygen atoms in total. The van der Waals surface area contributed by atoms with E-state index in [4.69, 9.17) is 20.9 Å². The summed E-state index contributed by atoms with van der Waals surface area (Å²) in [5, 5.41) is 17.7. The highest BCUT2D eigenvalue weighted by Gasteiger charge is 2.11. The highest BCUT2D eigenvalue weighted by atomic mass is 35.7. The van der Waals surface area contributed by atoms with Crippen LogP contribution < -0.4 is 0 Å². The molecule has 0 aromatic heterocycles. The molecule has 66 valence electrons. The van der Waals surface area contributed by atoms with Gasteiger partial charge in [0.2, 0.25) is 0 Å². The molecule has 0 saturated heterocycles. The maximum Gasteiger partial charge on any atom is 0.261 e. The molecule has 0 amide bonds. The Morgan fingerprint density at radius 3 is 1.83 bits per heavy atom. The molecule has 0 fully saturated rings. The van der Waals surface area contributed by atoms with Crippen LogP contribution in [0.4, 0.5) is 0 Å². The second-order valence-electron chi connectivity index (χ2n) is 2.12. The molecule has 2 N–H and O–H groups in total. The zero-order chi connectivity index (χ0) is 9.35. The first-order valence-corrected chi connectivity index (χ1v) is 5.18. The van der Waals surface area contributed by atoms with Crippen molar-refractivity contribution >= 4 is 19.7 Å². The fraction of sp³-hybridized carbons (Fsp3) is 0. The summed E-state index contributed by atoms with van der Waals surface area (Å²) in [6.45, 7) is 0. The van der Waals surface area contributed by atoms with Crippen LogP contribution in [-0.4, -0.2) is 18.6 Å². The number of aromatic hydroxyl groups is 2. The number of phenols is 2. The number of rotatable bonds is 1. The Kier molecular flexibility index (Phi) is 2.16. The molecule has 0 atom stereocenters. The van der Waals surface area contributed by atoms with E-state index >= 15 is 0 Å². The van der Waals surface area contributed by atoms with Crippen molar-refractivity contribution in [2.24, 2.45) is 0 Å². The Hall–Kier alpha value is -0.940. The lowest BCUT2D eigenvalue weighted by Crippen LogP contribution is -1.89. The first kappa shape index (κ1) is 9.15. The Morgan fingerprint density at radius 2 is 1.50 bits per heavy atom. The lowest BCUT2D eigenvalue weighted by atomic mass is 10.3. The summed E-state index contributed by atoms with van der Waals surface area (Å²) < 4.78 is 21.4. The maximum absolute atomic E-state index is 10.7. The van der Waals surface area contributed by atoms with Gasteiger partial charge in [-0.05, 0) is 0 Å². The molecule has 1 rings (SSSR count). The zero-order valence-corrected chi connectivity index (χ0v) is 7.30. The first-order chi connectivity index (χ1) is 5.39. The predicted octanol–water partition coefficient (Wildman–Crippen LogP) is 1.03. The summed E-state index contributed by atoms with van der Waals surface area (Å²) in [6.07, 6.45) is 0. The standard InChI is InChI=1S/C6H5ClO4S/c7-12(10,11)6-2-4(8)1-5(9)3-6/h1-3,8-9H. The quantitative estimate of drug-likeness (QED) is 0.676. The van der Waals surface area contributed by atoms with E-state index in [0.29, 0.717) is 0 Å². The van der Waals surface area contributed by atoms with E-state index in [0.717, 1.165) is 18.2 Å². The van der Waals surface area contributed by atoms with E-state index in [1.807, 2.05) is 0 Å². The molecule has 0 aliphatic carbocycles. The van der Waals surface area contributed by atoms with Crippen LogP contribution in [0.3, 0.4) is 0 Å². The van der Waals surface area contributed by atoms with Crippen LogP contribution in [-0.2, 0) is 9.05 Å². The van der Waals surface area contributed by atoms with Crippen LogP contribution in [0.25, 0.3) is 0 Å². The molecule has 0 radical (unpaired) electrons. The third kappa shape index (κ3) is 2.02. The summed E-state index contributed by atoms with van der Waals surface area (Å²) in [5.74, 6) is -0.705. The molecular weight excluding hydrogens is 204 g/mol. The number of benzene rings is 1. The normalized spacial score (nSPS) is 11.4. The van der Waals surface area contributed by atoms with E-state index in [2.05, 4.69) is 0 Å². The summed E-state index contributed by atoms with van der Waals surface area (Å²) in [5.41, 5.74) is 0. The number of hydrogen-bond acceptors (Lipinski definition) is 4. The molecule has 12 heavy (non-hydrogen) atoms. The monoisotopic (exact) mass is 208 g/mol. The van der Waals surface area contributed by atoms with E-state index in [1.165, 1.54) is 0 Å². The van der Waals surface area contributed by atoms with Gasteiger partial charge in [0.1, 0.15) is 11.5 Å². The van der Waals surface area contributed by atoms with Crippen molar-refractivity contribution in [2.75, 3.05) is 0 Å². The van der Waals surface area contributed by atoms with Crippen molar-refractivity contribution in [3.05, 3.63) is 18.2 Å². The van der Waals surface area contributed by atoms with Crippen LogP contribution in [0.15, 0.2) is 23.1 Å². The van der Waals surface area contributed by atoms with Crippen LogP contribution in [0.5, 0.6) is 11.5 Å².